The highest BCUT2D eigenvalue weighted by atomic mass is 15.1. The predicted molar refractivity (Wildman–Crippen MR) is 81.0 cm³/mol. The summed E-state index contributed by atoms with van der Waals surface area (Å²) in [7, 11) is 2.04. The molecule has 0 fully saturated rings. The van der Waals surface area contributed by atoms with Crippen molar-refractivity contribution in [3.05, 3.63) is 18.2 Å². The van der Waals surface area contributed by atoms with Crippen LogP contribution in [0.4, 0.5) is 0 Å². The normalized spacial score (nSPS) is 12.0. The average molecular weight is 266 g/mol. The monoisotopic (exact) mass is 266 g/mol. The molecule has 19 heavy (non-hydrogen) atoms. The highest BCUT2D eigenvalue weighted by molar-refractivity contribution is 4.90. The molecule has 0 aliphatic heterocycles. The molecule has 0 radical (unpaired) electrons. The molecule has 0 saturated heterocycles. The Labute approximate surface area is 118 Å². The smallest absolute Gasteiger partial charge is 0.122 e. The van der Waals surface area contributed by atoms with Gasteiger partial charge in [0.1, 0.15) is 5.82 Å². The van der Waals surface area contributed by atoms with Gasteiger partial charge in [-0.2, -0.15) is 0 Å². The molecule has 0 unspecified atom stereocenters. The zero-order valence-corrected chi connectivity index (χ0v) is 13.2. The van der Waals surface area contributed by atoms with E-state index < -0.39 is 0 Å². The second-order valence-corrected chi connectivity index (χ2v) is 6.18. The Kier molecular flexibility index (Phi) is 7.10. The van der Waals surface area contributed by atoms with E-state index in [9.17, 15) is 0 Å². The molecule has 1 N–H and O–H groups in total. The van der Waals surface area contributed by atoms with Gasteiger partial charge in [0.25, 0.3) is 0 Å². The molecule has 0 aliphatic rings. The molecule has 0 amide bonds. The van der Waals surface area contributed by atoms with Crippen molar-refractivity contribution in [2.24, 2.45) is 18.9 Å². The zero-order valence-electron chi connectivity index (χ0n) is 13.2. The lowest BCUT2D eigenvalue weighted by Crippen LogP contribution is -2.37. The molecule has 0 bridgehead atoms. The van der Waals surface area contributed by atoms with Crippen LogP contribution in [-0.2, 0) is 13.6 Å². The minimum atomic E-state index is 0.730. The number of nitrogens with zero attached hydrogens (tertiary/aromatic N) is 3. The topological polar surface area (TPSA) is 33.1 Å². The van der Waals surface area contributed by atoms with Gasteiger partial charge in [-0.05, 0) is 11.8 Å². The SMILES string of the molecule is CC(C)CN(CCNCc1nccn1C)CC(C)C. The summed E-state index contributed by atoms with van der Waals surface area (Å²) in [5, 5.41) is 3.48. The van der Waals surface area contributed by atoms with Crippen LogP contribution in [0.25, 0.3) is 0 Å². The Morgan fingerprint density at radius 2 is 1.84 bits per heavy atom. The van der Waals surface area contributed by atoms with Gasteiger partial charge in [0.05, 0.1) is 6.54 Å². The maximum absolute atomic E-state index is 4.32. The van der Waals surface area contributed by atoms with Crippen LogP contribution in [0.1, 0.15) is 33.5 Å². The Hall–Kier alpha value is -0.870. The minimum Gasteiger partial charge on any atom is -0.337 e. The van der Waals surface area contributed by atoms with Gasteiger partial charge in [-0.15, -0.1) is 0 Å². The third kappa shape index (κ3) is 6.73. The van der Waals surface area contributed by atoms with Crippen molar-refractivity contribution < 1.29 is 0 Å². The van der Waals surface area contributed by atoms with Crippen LogP contribution in [0.15, 0.2) is 12.4 Å². The fourth-order valence-electron chi connectivity index (χ4n) is 2.29. The molecule has 1 aromatic rings. The van der Waals surface area contributed by atoms with Crippen LogP contribution in [0.5, 0.6) is 0 Å². The molecule has 0 spiro atoms. The first-order valence-electron chi connectivity index (χ1n) is 7.38. The molecule has 0 saturated carbocycles. The van der Waals surface area contributed by atoms with Crippen LogP contribution in [0, 0.1) is 11.8 Å². The average Bonchev–Trinajstić information content (AvgIpc) is 2.68. The Balaban J connectivity index is 2.25. The molecule has 0 aromatic carbocycles. The van der Waals surface area contributed by atoms with Gasteiger partial charge in [0, 0.05) is 45.6 Å². The van der Waals surface area contributed by atoms with Crippen molar-refractivity contribution in [2.45, 2.75) is 34.2 Å². The van der Waals surface area contributed by atoms with Crippen molar-refractivity contribution >= 4 is 0 Å². The molecular weight excluding hydrogens is 236 g/mol. The molecule has 0 aliphatic carbocycles. The van der Waals surface area contributed by atoms with E-state index in [1.54, 1.807) is 0 Å². The lowest BCUT2D eigenvalue weighted by molar-refractivity contribution is 0.219. The maximum atomic E-state index is 4.32. The first-order valence-corrected chi connectivity index (χ1v) is 7.38. The van der Waals surface area contributed by atoms with Gasteiger partial charge >= 0.3 is 0 Å². The molecule has 110 valence electrons. The van der Waals surface area contributed by atoms with Crippen molar-refractivity contribution in [3.63, 3.8) is 0 Å². The number of aromatic nitrogens is 2. The fourth-order valence-corrected chi connectivity index (χ4v) is 2.29. The van der Waals surface area contributed by atoms with E-state index in [2.05, 4.69) is 47.5 Å². The quantitative estimate of drug-likeness (QED) is 0.695. The number of imidazole rings is 1. The van der Waals surface area contributed by atoms with E-state index in [1.807, 2.05) is 19.4 Å². The second kappa shape index (κ2) is 8.33. The Bertz CT molecular complexity index is 334. The number of rotatable bonds is 9. The zero-order chi connectivity index (χ0) is 14.3. The number of hydrogen-bond donors (Lipinski definition) is 1. The molecule has 1 aromatic heterocycles. The summed E-state index contributed by atoms with van der Waals surface area (Å²) in [4.78, 5) is 6.87. The fraction of sp³-hybridized carbons (Fsp3) is 0.800. The van der Waals surface area contributed by atoms with Crippen LogP contribution in [-0.4, -0.2) is 40.6 Å². The summed E-state index contributed by atoms with van der Waals surface area (Å²) in [6.07, 6.45) is 3.84. The summed E-state index contributed by atoms with van der Waals surface area (Å²) in [5.41, 5.74) is 0. The highest BCUT2D eigenvalue weighted by Crippen LogP contribution is 2.03. The van der Waals surface area contributed by atoms with Crippen LogP contribution < -0.4 is 5.32 Å². The number of hydrogen-bond acceptors (Lipinski definition) is 3. The van der Waals surface area contributed by atoms with Gasteiger partial charge < -0.3 is 14.8 Å². The molecular formula is C15H30N4. The number of nitrogens with one attached hydrogen (secondary N) is 1. The van der Waals surface area contributed by atoms with Crippen LogP contribution in [0.2, 0.25) is 0 Å². The van der Waals surface area contributed by atoms with Crippen molar-refractivity contribution in [3.8, 4) is 0 Å². The van der Waals surface area contributed by atoms with Crippen LogP contribution >= 0.6 is 0 Å². The first kappa shape index (κ1) is 16.2. The van der Waals surface area contributed by atoms with Crippen molar-refractivity contribution in [1.29, 1.82) is 0 Å². The summed E-state index contributed by atoms with van der Waals surface area (Å²) >= 11 is 0. The van der Waals surface area contributed by atoms with E-state index in [-0.39, 0.29) is 0 Å². The van der Waals surface area contributed by atoms with Crippen molar-refractivity contribution in [1.82, 2.24) is 19.8 Å². The third-order valence-corrected chi connectivity index (χ3v) is 3.06. The standard InChI is InChI=1S/C15H30N4/c1-13(2)11-19(12-14(3)4)9-6-16-10-15-17-7-8-18(15)5/h7-8,13-14,16H,6,9-12H2,1-5H3. The largest absolute Gasteiger partial charge is 0.337 e. The summed E-state index contributed by atoms with van der Waals surface area (Å²) < 4.78 is 2.06. The summed E-state index contributed by atoms with van der Waals surface area (Å²) in [6, 6.07) is 0. The minimum absolute atomic E-state index is 0.730. The predicted octanol–water partition coefficient (Wildman–Crippen LogP) is 2.12. The van der Waals surface area contributed by atoms with Gasteiger partial charge in [-0.1, -0.05) is 27.7 Å². The summed E-state index contributed by atoms with van der Waals surface area (Å²) in [5.74, 6) is 2.56. The van der Waals surface area contributed by atoms with E-state index in [1.165, 1.54) is 13.1 Å². The third-order valence-electron chi connectivity index (χ3n) is 3.06. The van der Waals surface area contributed by atoms with E-state index in [4.69, 9.17) is 0 Å². The molecule has 4 heteroatoms. The lowest BCUT2D eigenvalue weighted by atomic mass is 10.1. The Morgan fingerprint density at radius 1 is 1.21 bits per heavy atom. The summed E-state index contributed by atoms with van der Waals surface area (Å²) in [6.45, 7) is 14.5. The van der Waals surface area contributed by atoms with E-state index in [0.29, 0.717) is 0 Å². The molecule has 1 rings (SSSR count). The Morgan fingerprint density at radius 3 is 2.32 bits per heavy atom. The molecule has 0 atom stereocenters. The van der Waals surface area contributed by atoms with Crippen molar-refractivity contribution in [2.75, 3.05) is 26.2 Å². The van der Waals surface area contributed by atoms with Gasteiger partial charge in [0.2, 0.25) is 0 Å². The van der Waals surface area contributed by atoms with Gasteiger partial charge in [-0.25, -0.2) is 4.98 Å². The van der Waals surface area contributed by atoms with E-state index >= 15 is 0 Å². The molecule has 4 nitrogen and oxygen atoms in total. The maximum Gasteiger partial charge on any atom is 0.122 e. The van der Waals surface area contributed by atoms with E-state index in [0.717, 1.165) is 37.3 Å². The van der Waals surface area contributed by atoms with Gasteiger partial charge in [0.15, 0.2) is 0 Å². The second-order valence-electron chi connectivity index (χ2n) is 6.18. The van der Waals surface area contributed by atoms with Crippen LogP contribution in [0.3, 0.4) is 0 Å². The number of aryl methyl sites for hydroxylation is 1. The molecule has 1 heterocycles. The first-order chi connectivity index (χ1) is 8.99. The van der Waals surface area contributed by atoms with Gasteiger partial charge in [-0.3, -0.25) is 0 Å². The lowest BCUT2D eigenvalue weighted by Gasteiger charge is -2.26. The highest BCUT2D eigenvalue weighted by Gasteiger charge is 2.09.